The molecule has 1 atom stereocenters. The maximum atomic E-state index is 13.0. The normalized spacial score (nSPS) is 20.5. The van der Waals surface area contributed by atoms with Gasteiger partial charge in [0.25, 0.3) is 5.91 Å². The average molecular weight is 425 g/mol. The highest BCUT2D eigenvalue weighted by molar-refractivity contribution is 5.92. The van der Waals surface area contributed by atoms with Gasteiger partial charge in [-0.15, -0.1) is 0 Å². The van der Waals surface area contributed by atoms with Crippen LogP contribution >= 0.6 is 0 Å². The van der Waals surface area contributed by atoms with Gasteiger partial charge >= 0.3 is 0 Å². The lowest BCUT2D eigenvalue weighted by atomic mass is 10.1. The van der Waals surface area contributed by atoms with Crippen molar-refractivity contribution < 1.29 is 28.3 Å². The molecule has 9 heteroatoms. The van der Waals surface area contributed by atoms with Crippen molar-refractivity contribution in [3.05, 3.63) is 47.9 Å². The van der Waals surface area contributed by atoms with Crippen LogP contribution in [0.1, 0.15) is 22.5 Å². The van der Waals surface area contributed by atoms with Crippen molar-refractivity contribution >= 4 is 17.7 Å². The summed E-state index contributed by atoms with van der Waals surface area (Å²) >= 11 is 0. The number of likely N-dealkylation sites (tertiary alicyclic amines) is 1. The topological polar surface area (TPSA) is 92.5 Å². The van der Waals surface area contributed by atoms with Crippen LogP contribution in [-0.4, -0.2) is 71.9 Å². The molecule has 0 radical (unpaired) electrons. The molecule has 2 aromatic rings. The van der Waals surface area contributed by atoms with Gasteiger partial charge in [0.2, 0.25) is 18.6 Å². The molecule has 0 spiro atoms. The monoisotopic (exact) mass is 425 g/mol. The van der Waals surface area contributed by atoms with Crippen molar-refractivity contribution in [1.29, 1.82) is 0 Å². The summed E-state index contributed by atoms with van der Waals surface area (Å²) in [6.45, 7) is 2.86. The van der Waals surface area contributed by atoms with Crippen LogP contribution in [0.4, 0.5) is 0 Å². The highest BCUT2D eigenvalue weighted by Gasteiger charge is 2.38. The Morgan fingerprint density at radius 1 is 1.00 bits per heavy atom. The minimum atomic E-state index is -0.353. The number of benzene rings is 1. The SMILES string of the molecule is O=C1CC(C(=O)N2CCN(C(=O)c3ccco3)CC2)CN1Cc1ccc2c(c1)OCO2. The van der Waals surface area contributed by atoms with Crippen LogP contribution in [0.5, 0.6) is 11.5 Å². The number of nitrogens with zero attached hydrogens (tertiary/aromatic N) is 3. The van der Waals surface area contributed by atoms with Gasteiger partial charge in [0.05, 0.1) is 12.2 Å². The molecule has 1 unspecified atom stereocenters. The van der Waals surface area contributed by atoms with Crippen molar-refractivity contribution in [2.75, 3.05) is 39.5 Å². The minimum absolute atomic E-state index is 0.0216. The summed E-state index contributed by atoms with van der Waals surface area (Å²) in [7, 11) is 0. The van der Waals surface area contributed by atoms with Gasteiger partial charge in [-0.2, -0.15) is 0 Å². The summed E-state index contributed by atoms with van der Waals surface area (Å²) < 4.78 is 15.9. The molecule has 4 heterocycles. The van der Waals surface area contributed by atoms with E-state index >= 15 is 0 Å². The van der Waals surface area contributed by atoms with E-state index < -0.39 is 0 Å². The van der Waals surface area contributed by atoms with Gasteiger partial charge in [-0.1, -0.05) is 6.07 Å². The zero-order valence-corrected chi connectivity index (χ0v) is 17.0. The first-order chi connectivity index (χ1) is 15.1. The summed E-state index contributed by atoms with van der Waals surface area (Å²) in [5.74, 6) is 1.12. The summed E-state index contributed by atoms with van der Waals surface area (Å²) in [5, 5.41) is 0. The van der Waals surface area contributed by atoms with Crippen LogP contribution in [-0.2, 0) is 16.1 Å². The Morgan fingerprint density at radius 2 is 1.77 bits per heavy atom. The molecule has 2 saturated heterocycles. The van der Waals surface area contributed by atoms with Crippen LogP contribution in [0.25, 0.3) is 0 Å². The van der Waals surface area contributed by atoms with Gasteiger partial charge in [0.15, 0.2) is 17.3 Å². The zero-order chi connectivity index (χ0) is 21.4. The number of fused-ring (bicyclic) bond motifs is 1. The molecule has 0 bridgehead atoms. The molecular formula is C22H23N3O6. The van der Waals surface area contributed by atoms with Crippen LogP contribution < -0.4 is 9.47 Å². The number of carbonyl (C=O) groups excluding carboxylic acids is 3. The van der Waals surface area contributed by atoms with E-state index in [9.17, 15) is 14.4 Å². The molecule has 5 rings (SSSR count). The van der Waals surface area contributed by atoms with Gasteiger partial charge in [-0.25, -0.2) is 0 Å². The lowest BCUT2D eigenvalue weighted by Crippen LogP contribution is -2.52. The number of carbonyl (C=O) groups is 3. The molecule has 31 heavy (non-hydrogen) atoms. The Balaban J connectivity index is 1.16. The molecule has 3 amide bonds. The van der Waals surface area contributed by atoms with E-state index in [0.29, 0.717) is 56.5 Å². The summed E-state index contributed by atoms with van der Waals surface area (Å²) in [5.41, 5.74) is 0.941. The first-order valence-corrected chi connectivity index (χ1v) is 10.4. The predicted molar refractivity (Wildman–Crippen MR) is 107 cm³/mol. The molecule has 162 valence electrons. The second-order valence-electron chi connectivity index (χ2n) is 7.96. The molecule has 0 saturated carbocycles. The number of amides is 3. The Labute approximate surface area is 179 Å². The molecule has 9 nitrogen and oxygen atoms in total. The van der Waals surface area contributed by atoms with Crippen LogP contribution in [0.2, 0.25) is 0 Å². The maximum Gasteiger partial charge on any atom is 0.289 e. The highest BCUT2D eigenvalue weighted by Crippen LogP contribution is 2.33. The fourth-order valence-electron chi connectivity index (χ4n) is 4.29. The van der Waals surface area contributed by atoms with Gasteiger partial charge in [0, 0.05) is 45.7 Å². The number of piperazine rings is 1. The average Bonchev–Trinajstić information content (AvgIpc) is 3.54. The third-order valence-corrected chi connectivity index (χ3v) is 5.98. The first-order valence-electron chi connectivity index (χ1n) is 10.4. The lowest BCUT2D eigenvalue weighted by Gasteiger charge is -2.35. The predicted octanol–water partition coefficient (Wildman–Crippen LogP) is 1.34. The maximum absolute atomic E-state index is 13.0. The number of hydrogen-bond acceptors (Lipinski definition) is 6. The molecule has 0 aliphatic carbocycles. The molecule has 2 fully saturated rings. The molecular weight excluding hydrogens is 402 g/mol. The molecule has 1 aromatic carbocycles. The fraction of sp³-hybridized carbons (Fsp3) is 0.409. The van der Waals surface area contributed by atoms with E-state index in [1.54, 1.807) is 26.8 Å². The Bertz CT molecular complexity index is 997. The van der Waals surface area contributed by atoms with Crippen molar-refractivity contribution in [2.24, 2.45) is 5.92 Å². The van der Waals surface area contributed by atoms with E-state index in [2.05, 4.69) is 0 Å². The first kappa shape index (κ1) is 19.5. The Kier molecular flexibility index (Phi) is 5.01. The fourth-order valence-corrected chi connectivity index (χ4v) is 4.29. The molecule has 1 aromatic heterocycles. The van der Waals surface area contributed by atoms with E-state index in [1.807, 2.05) is 18.2 Å². The van der Waals surface area contributed by atoms with E-state index in [0.717, 1.165) is 5.56 Å². The Hall–Kier alpha value is -3.49. The van der Waals surface area contributed by atoms with E-state index in [-0.39, 0.29) is 36.9 Å². The van der Waals surface area contributed by atoms with Crippen molar-refractivity contribution in [3.8, 4) is 11.5 Å². The van der Waals surface area contributed by atoms with Crippen molar-refractivity contribution in [1.82, 2.24) is 14.7 Å². The summed E-state index contributed by atoms with van der Waals surface area (Å²) in [4.78, 5) is 43.1. The van der Waals surface area contributed by atoms with Crippen molar-refractivity contribution in [2.45, 2.75) is 13.0 Å². The largest absolute Gasteiger partial charge is 0.459 e. The van der Waals surface area contributed by atoms with Crippen LogP contribution in [0, 0.1) is 5.92 Å². The number of rotatable bonds is 4. The quantitative estimate of drug-likeness (QED) is 0.734. The van der Waals surface area contributed by atoms with Crippen molar-refractivity contribution in [3.63, 3.8) is 0 Å². The smallest absolute Gasteiger partial charge is 0.289 e. The number of ether oxygens (including phenoxy) is 2. The van der Waals surface area contributed by atoms with Gasteiger partial charge in [-0.3, -0.25) is 14.4 Å². The third-order valence-electron chi connectivity index (χ3n) is 5.98. The number of hydrogen-bond donors (Lipinski definition) is 0. The van der Waals surface area contributed by atoms with E-state index in [1.165, 1.54) is 6.26 Å². The third kappa shape index (κ3) is 3.83. The zero-order valence-electron chi connectivity index (χ0n) is 17.0. The van der Waals surface area contributed by atoms with E-state index in [4.69, 9.17) is 13.9 Å². The number of furan rings is 1. The van der Waals surface area contributed by atoms with Gasteiger partial charge in [0.1, 0.15) is 0 Å². The molecule has 3 aliphatic rings. The molecule has 3 aliphatic heterocycles. The summed E-state index contributed by atoms with van der Waals surface area (Å²) in [6, 6.07) is 8.94. The van der Waals surface area contributed by atoms with Crippen LogP contribution in [0.3, 0.4) is 0 Å². The van der Waals surface area contributed by atoms with Crippen LogP contribution in [0.15, 0.2) is 41.0 Å². The standard InChI is InChI=1S/C22H23N3O6/c26-20-11-16(13-25(20)12-15-3-4-17-19(10-15)31-14-30-17)21(27)23-5-7-24(8-6-23)22(28)18-2-1-9-29-18/h1-4,9-10,16H,5-8,11-14H2. The van der Waals surface area contributed by atoms with Gasteiger partial charge in [-0.05, 0) is 29.8 Å². The second-order valence-corrected chi connectivity index (χ2v) is 7.96. The minimum Gasteiger partial charge on any atom is -0.459 e. The second kappa shape index (κ2) is 7.98. The Morgan fingerprint density at radius 3 is 2.55 bits per heavy atom. The highest BCUT2D eigenvalue weighted by atomic mass is 16.7. The lowest BCUT2D eigenvalue weighted by molar-refractivity contribution is -0.137. The molecule has 0 N–H and O–H groups in total. The van der Waals surface area contributed by atoms with Gasteiger partial charge < -0.3 is 28.6 Å². The summed E-state index contributed by atoms with van der Waals surface area (Å²) in [6.07, 6.45) is 1.69.